The molecular weight excluding hydrogens is 328 g/mol. The van der Waals surface area contributed by atoms with E-state index in [1.807, 2.05) is 0 Å². The van der Waals surface area contributed by atoms with Crippen LogP contribution in [0.1, 0.15) is 37.4 Å². The standard InChI is InChI=1S/C21H34N2O3/c1-15(2)10-17-13-23-7-6-16-11-21(26-9-8-24-4)20(25-5)12-18(16)19(23)14-22(17)3/h11-12,15,17,19H,6-10,13-14H2,1-5H3/t17-,19?/m1/s1. The Labute approximate surface area is 158 Å². The van der Waals surface area contributed by atoms with Gasteiger partial charge in [-0.05, 0) is 49.1 Å². The molecule has 0 bridgehead atoms. The van der Waals surface area contributed by atoms with E-state index < -0.39 is 0 Å². The van der Waals surface area contributed by atoms with Crippen molar-refractivity contribution >= 4 is 0 Å². The third-order valence-corrected chi connectivity index (χ3v) is 5.71. The molecule has 0 spiro atoms. The minimum Gasteiger partial charge on any atom is -0.493 e. The maximum absolute atomic E-state index is 5.88. The smallest absolute Gasteiger partial charge is 0.161 e. The summed E-state index contributed by atoms with van der Waals surface area (Å²) in [5, 5.41) is 0. The van der Waals surface area contributed by atoms with Gasteiger partial charge in [0.1, 0.15) is 6.61 Å². The van der Waals surface area contributed by atoms with Gasteiger partial charge in [0.25, 0.3) is 0 Å². The van der Waals surface area contributed by atoms with Gasteiger partial charge < -0.3 is 19.1 Å². The molecule has 0 radical (unpaired) electrons. The summed E-state index contributed by atoms with van der Waals surface area (Å²) in [6.07, 6.45) is 2.34. The fourth-order valence-electron chi connectivity index (χ4n) is 4.33. The molecule has 0 amide bonds. The summed E-state index contributed by atoms with van der Waals surface area (Å²) in [5.41, 5.74) is 2.80. The lowest BCUT2D eigenvalue weighted by atomic mass is 9.88. The van der Waals surface area contributed by atoms with Crippen LogP contribution in [0, 0.1) is 5.92 Å². The molecular formula is C21H34N2O3. The monoisotopic (exact) mass is 362 g/mol. The van der Waals surface area contributed by atoms with Crippen LogP contribution in [0.3, 0.4) is 0 Å². The molecule has 0 aliphatic carbocycles. The first-order valence-electron chi connectivity index (χ1n) is 9.80. The van der Waals surface area contributed by atoms with Crippen molar-refractivity contribution in [1.82, 2.24) is 9.80 Å². The van der Waals surface area contributed by atoms with Crippen molar-refractivity contribution in [2.45, 2.75) is 38.8 Å². The van der Waals surface area contributed by atoms with Gasteiger partial charge in [0.05, 0.1) is 13.7 Å². The lowest BCUT2D eigenvalue weighted by Crippen LogP contribution is -2.55. The average Bonchev–Trinajstić information content (AvgIpc) is 2.61. The molecule has 3 rings (SSSR count). The number of fused-ring (bicyclic) bond motifs is 3. The molecule has 5 nitrogen and oxygen atoms in total. The summed E-state index contributed by atoms with van der Waals surface area (Å²) in [4.78, 5) is 5.21. The highest BCUT2D eigenvalue weighted by Crippen LogP contribution is 2.40. The van der Waals surface area contributed by atoms with Crippen LogP contribution in [0.2, 0.25) is 0 Å². The predicted molar refractivity (Wildman–Crippen MR) is 104 cm³/mol. The molecule has 0 saturated carbocycles. The average molecular weight is 363 g/mol. The van der Waals surface area contributed by atoms with Gasteiger partial charge in [0.2, 0.25) is 0 Å². The molecule has 2 heterocycles. The van der Waals surface area contributed by atoms with Crippen LogP contribution in [0.5, 0.6) is 11.5 Å². The molecule has 26 heavy (non-hydrogen) atoms. The number of benzene rings is 1. The predicted octanol–water partition coefficient (Wildman–Crippen LogP) is 2.98. The van der Waals surface area contributed by atoms with E-state index in [-0.39, 0.29) is 0 Å². The van der Waals surface area contributed by atoms with Gasteiger partial charge in [-0.25, -0.2) is 0 Å². The van der Waals surface area contributed by atoms with Crippen molar-refractivity contribution in [2.75, 3.05) is 54.1 Å². The second kappa shape index (κ2) is 8.59. The third-order valence-electron chi connectivity index (χ3n) is 5.71. The van der Waals surface area contributed by atoms with Crippen molar-refractivity contribution in [1.29, 1.82) is 0 Å². The highest BCUT2D eigenvalue weighted by molar-refractivity contribution is 5.49. The second-order valence-electron chi connectivity index (χ2n) is 8.03. The molecule has 146 valence electrons. The number of hydrogen-bond acceptors (Lipinski definition) is 5. The first-order valence-corrected chi connectivity index (χ1v) is 9.80. The van der Waals surface area contributed by atoms with Crippen molar-refractivity contribution in [3.63, 3.8) is 0 Å². The van der Waals surface area contributed by atoms with Crippen LogP contribution in [0.15, 0.2) is 12.1 Å². The number of rotatable bonds is 7. The SMILES string of the molecule is COCCOc1cc2c(cc1OC)C1CN(C)[C@H](CC(C)C)CN1CC2. The first-order chi connectivity index (χ1) is 12.5. The van der Waals surface area contributed by atoms with Gasteiger partial charge in [0, 0.05) is 38.8 Å². The maximum atomic E-state index is 5.88. The molecule has 1 aromatic carbocycles. The van der Waals surface area contributed by atoms with E-state index in [9.17, 15) is 0 Å². The lowest BCUT2D eigenvalue weighted by molar-refractivity contribution is 0.0294. The lowest BCUT2D eigenvalue weighted by Gasteiger charge is -2.48. The Morgan fingerprint density at radius 3 is 2.62 bits per heavy atom. The number of hydrogen-bond donors (Lipinski definition) is 0. The highest BCUT2D eigenvalue weighted by atomic mass is 16.5. The van der Waals surface area contributed by atoms with Crippen molar-refractivity contribution in [3.05, 3.63) is 23.3 Å². The van der Waals surface area contributed by atoms with Crippen LogP contribution in [0.4, 0.5) is 0 Å². The number of nitrogens with zero attached hydrogens (tertiary/aromatic N) is 2. The van der Waals surface area contributed by atoms with Crippen LogP contribution in [-0.4, -0.2) is 70.0 Å². The molecule has 2 aliphatic rings. The minimum absolute atomic E-state index is 0.453. The highest BCUT2D eigenvalue weighted by Gasteiger charge is 2.36. The van der Waals surface area contributed by atoms with E-state index in [1.165, 1.54) is 17.5 Å². The molecule has 0 N–H and O–H groups in total. The van der Waals surface area contributed by atoms with Crippen LogP contribution >= 0.6 is 0 Å². The second-order valence-corrected chi connectivity index (χ2v) is 8.03. The Hall–Kier alpha value is -1.30. The van der Waals surface area contributed by atoms with E-state index >= 15 is 0 Å². The normalized spacial score (nSPS) is 23.6. The summed E-state index contributed by atoms with van der Waals surface area (Å²) in [7, 11) is 5.68. The Kier molecular flexibility index (Phi) is 6.43. The Bertz CT molecular complexity index is 605. The minimum atomic E-state index is 0.453. The van der Waals surface area contributed by atoms with Gasteiger partial charge in [0.15, 0.2) is 11.5 Å². The number of ether oxygens (including phenoxy) is 3. The van der Waals surface area contributed by atoms with E-state index in [1.54, 1.807) is 14.2 Å². The molecule has 1 aromatic rings. The van der Waals surface area contributed by atoms with Crippen LogP contribution in [0.25, 0.3) is 0 Å². The van der Waals surface area contributed by atoms with Gasteiger partial charge in [-0.15, -0.1) is 0 Å². The van der Waals surface area contributed by atoms with Crippen LogP contribution < -0.4 is 9.47 Å². The fraction of sp³-hybridized carbons (Fsp3) is 0.714. The van der Waals surface area contributed by atoms with E-state index in [0.717, 1.165) is 43.5 Å². The molecule has 2 aliphatic heterocycles. The molecule has 0 aromatic heterocycles. The first kappa shape index (κ1) is 19.5. The number of piperazine rings is 1. The van der Waals surface area contributed by atoms with Gasteiger partial charge in [-0.3, -0.25) is 4.90 Å². The van der Waals surface area contributed by atoms with Gasteiger partial charge in [-0.2, -0.15) is 0 Å². The Balaban J connectivity index is 1.80. The fourth-order valence-corrected chi connectivity index (χ4v) is 4.33. The summed E-state index contributed by atoms with van der Waals surface area (Å²) in [6.45, 7) is 9.14. The van der Waals surface area contributed by atoms with Crippen molar-refractivity contribution in [3.8, 4) is 11.5 Å². The van der Waals surface area contributed by atoms with Gasteiger partial charge in [-0.1, -0.05) is 13.8 Å². The quantitative estimate of drug-likeness (QED) is 0.697. The summed E-state index contributed by atoms with van der Waals surface area (Å²) in [6, 6.07) is 5.49. The zero-order valence-corrected chi connectivity index (χ0v) is 17.0. The maximum Gasteiger partial charge on any atom is 0.161 e. The zero-order valence-electron chi connectivity index (χ0n) is 17.0. The van der Waals surface area contributed by atoms with Crippen LogP contribution in [-0.2, 0) is 11.2 Å². The number of methoxy groups -OCH3 is 2. The topological polar surface area (TPSA) is 34.2 Å². The zero-order chi connectivity index (χ0) is 18.7. The van der Waals surface area contributed by atoms with E-state index in [4.69, 9.17) is 14.2 Å². The Morgan fingerprint density at radius 2 is 1.92 bits per heavy atom. The summed E-state index contributed by atoms with van der Waals surface area (Å²) < 4.78 is 16.6. The van der Waals surface area contributed by atoms with E-state index in [2.05, 4.69) is 42.8 Å². The Morgan fingerprint density at radius 1 is 1.12 bits per heavy atom. The van der Waals surface area contributed by atoms with Crippen molar-refractivity contribution in [2.24, 2.45) is 5.92 Å². The van der Waals surface area contributed by atoms with E-state index in [0.29, 0.717) is 25.3 Å². The van der Waals surface area contributed by atoms with Gasteiger partial charge >= 0.3 is 0 Å². The molecule has 1 saturated heterocycles. The molecule has 1 unspecified atom stereocenters. The largest absolute Gasteiger partial charge is 0.493 e. The third kappa shape index (κ3) is 4.16. The molecule has 5 heteroatoms. The molecule has 1 fully saturated rings. The van der Waals surface area contributed by atoms with Crippen molar-refractivity contribution < 1.29 is 14.2 Å². The summed E-state index contributed by atoms with van der Waals surface area (Å²) >= 11 is 0. The summed E-state index contributed by atoms with van der Waals surface area (Å²) in [5.74, 6) is 2.40. The molecule has 2 atom stereocenters. The number of likely N-dealkylation sites (N-methyl/N-ethyl adjacent to an activating group) is 1.